The fraction of sp³-hybridized carbons (Fsp3) is 0.467. The maximum absolute atomic E-state index is 13.0. The van der Waals surface area contributed by atoms with E-state index in [1.807, 2.05) is 0 Å². The molecule has 0 spiro atoms. The second-order valence-electron chi connectivity index (χ2n) is 5.66. The first-order valence-electron chi connectivity index (χ1n) is 6.71. The number of rotatable bonds is 6. The van der Waals surface area contributed by atoms with Crippen LogP contribution in [0.2, 0.25) is 0 Å². The van der Waals surface area contributed by atoms with Crippen molar-refractivity contribution in [2.45, 2.75) is 33.0 Å². The molecule has 5 nitrogen and oxygen atoms in total. The number of nitrogens with one attached hydrogen (secondary N) is 1. The van der Waals surface area contributed by atoms with Gasteiger partial charge in [-0.1, -0.05) is 6.07 Å². The van der Waals surface area contributed by atoms with Crippen LogP contribution in [0, 0.1) is 5.41 Å². The fourth-order valence-corrected chi connectivity index (χ4v) is 1.83. The molecule has 1 amide bonds. The smallest absolute Gasteiger partial charge is 0.416 e. The van der Waals surface area contributed by atoms with E-state index in [0.717, 1.165) is 6.07 Å². The van der Waals surface area contributed by atoms with Crippen LogP contribution in [0.15, 0.2) is 18.2 Å². The predicted molar refractivity (Wildman–Crippen MR) is 75.9 cm³/mol. The molecule has 0 aliphatic heterocycles. The van der Waals surface area contributed by atoms with Crippen molar-refractivity contribution in [2.75, 3.05) is 7.11 Å². The number of carbonyl (C=O) groups is 2. The van der Waals surface area contributed by atoms with E-state index in [9.17, 15) is 22.8 Å². The molecule has 0 aliphatic rings. The quantitative estimate of drug-likeness (QED) is 0.839. The molecule has 1 aromatic carbocycles. The summed E-state index contributed by atoms with van der Waals surface area (Å²) in [6.07, 6.45) is -4.92. The summed E-state index contributed by atoms with van der Waals surface area (Å²) in [5.41, 5.74) is -2.33. The lowest BCUT2D eigenvalue weighted by Gasteiger charge is -2.19. The number of benzene rings is 1. The molecule has 0 bridgehead atoms. The number of carboxylic acid groups (broad SMARTS) is 1. The zero-order chi connectivity index (χ0) is 17.8. The zero-order valence-electron chi connectivity index (χ0n) is 13.0. The van der Waals surface area contributed by atoms with Crippen molar-refractivity contribution in [3.63, 3.8) is 0 Å². The second kappa shape index (κ2) is 6.89. The van der Waals surface area contributed by atoms with E-state index in [0.29, 0.717) is 0 Å². The Labute approximate surface area is 131 Å². The molecule has 8 heteroatoms. The van der Waals surface area contributed by atoms with E-state index in [4.69, 9.17) is 9.84 Å². The Morgan fingerprint density at radius 1 is 1.26 bits per heavy atom. The van der Waals surface area contributed by atoms with Gasteiger partial charge in [0.15, 0.2) is 0 Å². The minimum Gasteiger partial charge on any atom is -0.497 e. The van der Waals surface area contributed by atoms with Gasteiger partial charge in [-0.3, -0.25) is 9.59 Å². The molecule has 1 aromatic rings. The van der Waals surface area contributed by atoms with Crippen molar-refractivity contribution in [1.29, 1.82) is 0 Å². The Kier molecular flexibility index (Phi) is 5.63. The number of amides is 1. The lowest BCUT2D eigenvalue weighted by atomic mass is 9.89. The van der Waals surface area contributed by atoms with Crippen LogP contribution in [0.25, 0.3) is 0 Å². The van der Waals surface area contributed by atoms with Crippen molar-refractivity contribution in [1.82, 2.24) is 5.32 Å². The van der Waals surface area contributed by atoms with E-state index >= 15 is 0 Å². The van der Waals surface area contributed by atoms with Crippen LogP contribution in [0.4, 0.5) is 13.2 Å². The standard InChI is InChI=1S/C15H18F3NO4/c1-14(2,13(21)22)7-12(20)19-8-9-4-5-10(23-3)6-11(9)15(16,17)18/h4-6H,7-8H2,1-3H3,(H,19,20)(H,21,22). The Morgan fingerprint density at radius 2 is 1.87 bits per heavy atom. The lowest BCUT2D eigenvalue weighted by Crippen LogP contribution is -2.33. The van der Waals surface area contributed by atoms with Crippen LogP contribution in [-0.4, -0.2) is 24.1 Å². The highest BCUT2D eigenvalue weighted by atomic mass is 19.4. The Bertz CT molecular complexity index is 597. The maximum atomic E-state index is 13.0. The third kappa shape index (κ3) is 5.15. The number of aliphatic carboxylic acids is 1. The molecular formula is C15H18F3NO4. The van der Waals surface area contributed by atoms with Gasteiger partial charge in [0, 0.05) is 13.0 Å². The summed E-state index contributed by atoms with van der Waals surface area (Å²) in [5.74, 6) is -1.74. The predicted octanol–water partition coefficient (Wildman–Crippen LogP) is 2.83. The van der Waals surface area contributed by atoms with E-state index in [1.54, 1.807) is 0 Å². The van der Waals surface area contributed by atoms with Crippen LogP contribution < -0.4 is 10.1 Å². The van der Waals surface area contributed by atoms with E-state index in [1.165, 1.54) is 33.1 Å². The number of hydrogen-bond acceptors (Lipinski definition) is 3. The van der Waals surface area contributed by atoms with Gasteiger partial charge in [-0.25, -0.2) is 0 Å². The summed E-state index contributed by atoms with van der Waals surface area (Å²) in [7, 11) is 1.25. The van der Waals surface area contributed by atoms with Gasteiger partial charge in [-0.15, -0.1) is 0 Å². The van der Waals surface area contributed by atoms with Gasteiger partial charge >= 0.3 is 12.1 Å². The summed E-state index contributed by atoms with van der Waals surface area (Å²) in [5, 5.41) is 11.3. The number of alkyl halides is 3. The number of ether oxygens (including phenoxy) is 1. The van der Waals surface area contributed by atoms with Crippen LogP contribution >= 0.6 is 0 Å². The van der Waals surface area contributed by atoms with Crippen molar-refractivity contribution >= 4 is 11.9 Å². The minimum atomic E-state index is -4.59. The normalized spacial score (nSPS) is 11.9. The number of carboxylic acids is 1. The van der Waals surface area contributed by atoms with Gasteiger partial charge in [0.2, 0.25) is 5.91 Å². The molecule has 2 N–H and O–H groups in total. The minimum absolute atomic E-state index is 0.0550. The van der Waals surface area contributed by atoms with Crippen molar-refractivity contribution in [3.8, 4) is 5.75 Å². The average molecular weight is 333 g/mol. The van der Waals surface area contributed by atoms with Gasteiger partial charge in [-0.05, 0) is 31.5 Å². The Balaban J connectivity index is 2.86. The van der Waals surface area contributed by atoms with Gasteiger partial charge in [0.1, 0.15) is 5.75 Å². The highest BCUT2D eigenvalue weighted by molar-refractivity contribution is 5.84. The molecular weight excluding hydrogens is 315 g/mol. The summed E-state index contributed by atoms with van der Waals surface area (Å²) < 4.78 is 43.8. The van der Waals surface area contributed by atoms with Gasteiger partial charge < -0.3 is 15.2 Å². The molecule has 23 heavy (non-hydrogen) atoms. The SMILES string of the molecule is COc1ccc(CNC(=O)CC(C)(C)C(=O)O)c(C(F)(F)F)c1. The molecule has 0 radical (unpaired) electrons. The van der Waals surface area contributed by atoms with E-state index < -0.39 is 29.0 Å². The average Bonchev–Trinajstić information content (AvgIpc) is 2.43. The zero-order valence-corrected chi connectivity index (χ0v) is 13.0. The van der Waals surface area contributed by atoms with Crippen molar-refractivity contribution in [3.05, 3.63) is 29.3 Å². The monoisotopic (exact) mass is 333 g/mol. The van der Waals surface area contributed by atoms with Crippen LogP contribution in [0.1, 0.15) is 31.4 Å². The summed E-state index contributed by atoms with van der Waals surface area (Å²) in [6.45, 7) is 2.38. The molecule has 0 atom stereocenters. The fourth-order valence-electron chi connectivity index (χ4n) is 1.83. The molecule has 128 valence electrons. The number of methoxy groups -OCH3 is 1. The highest BCUT2D eigenvalue weighted by Crippen LogP contribution is 2.34. The number of hydrogen-bond donors (Lipinski definition) is 2. The largest absolute Gasteiger partial charge is 0.497 e. The molecule has 0 fully saturated rings. The first-order valence-corrected chi connectivity index (χ1v) is 6.71. The summed E-state index contributed by atoms with van der Waals surface area (Å²) >= 11 is 0. The van der Waals surface area contributed by atoms with E-state index in [-0.39, 0.29) is 24.3 Å². The molecule has 0 heterocycles. The van der Waals surface area contributed by atoms with Crippen LogP contribution in [-0.2, 0) is 22.3 Å². The van der Waals surface area contributed by atoms with Crippen LogP contribution in [0.5, 0.6) is 5.75 Å². The molecule has 0 unspecified atom stereocenters. The van der Waals surface area contributed by atoms with E-state index in [2.05, 4.69) is 5.32 Å². The summed E-state index contributed by atoms with van der Waals surface area (Å²) in [4.78, 5) is 22.7. The Morgan fingerprint density at radius 3 is 2.35 bits per heavy atom. The highest BCUT2D eigenvalue weighted by Gasteiger charge is 2.34. The van der Waals surface area contributed by atoms with Crippen molar-refractivity contribution in [2.24, 2.45) is 5.41 Å². The third-order valence-corrected chi connectivity index (χ3v) is 3.28. The molecule has 0 saturated heterocycles. The van der Waals surface area contributed by atoms with Gasteiger partial charge in [0.05, 0.1) is 18.1 Å². The molecule has 0 aromatic heterocycles. The number of halogens is 3. The first-order chi connectivity index (χ1) is 10.5. The van der Waals surface area contributed by atoms with Gasteiger partial charge in [-0.2, -0.15) is 13.2 Å². The molecule has 1 rings (SSSR count). The van der Waals surface area contributed by atoms with Crippen LogP contribution in [0.3, 0.4) is 0 Å². The second-order valence-corrected chi connectivity index (χ2v) is 5.66. The molecule has 0 aliphatic carbocycles. The first kappa shape index (κ1) is 18.8. The Hall–Kier alpha value is -2.25. The van der Waals surface area contributed by atoms with Crippen molar-refractivity contribution < 1.29 is 32.6 Å². The molecule has 0 saturated carbocycles. The topological polar surface area (TPSA) is 75.6 Å². The third-order valence-electron chi connectivity index (χ3n) is 3.28. The number of carbonyl (C=O) groups excluding carboxylic acids is 1. The summed E-state index contributed by atoms with van der Waals surface area (Å²) in [6, 6.07) is 3.42. The van der Waals surface area contributed by atoms with Gasteiger partial charge in [0.25, 0.3) is 0 Å². The lowest BCUT2D eigenvalue weighted by molar-refractivity contribution is -0.149. The maximum Gasteiger partial charge on any atom is 0.416 e.